The van der Waals surface area contributed by atoms with Crippen LogP contribution in [-0.2, 0) is 27.3 Å². The minimum Gasteiger partial charge on any atom is -0.480 e. The number of aliphatic carboxylic acids is 1. The van der Waals surface area contributed by atoms with E-state index in [1.54, 1.807) is 0 Å². The maximum absolute atomic E-state index is 12.5. The minimum atomic E-state index is -0.931. The van der Waals surface area contributed by atoms with Crippen LogP contribution in [0.15, 0.2) is 24.3 Å². The third-order valence-electron chi connectivity index (χ3n) is 4.56. The molecule has 2 aliphatic rings. The first-order chi connectivity index (χ1) is 10.6. The molecule has 0 spiro atoms. The molecule has 118 valence electrons. The zero-order chi connectivity index (χ0) is 15.5. The number of carboxylic acid groups (broad SMARTS) is 1. The van der Waals surface area contributed by atoms with Gasteiger partial charge in [0.25, 0.3) is 0 Å². The van der Waals surface area contributed by atoms with Crippen molar-refractivity contribution in [1.82, 2.24) is 4.90 Å². The maximum Gasteiger partial charge on any atom is 0.326 e. The lowest BCUT2D eigenvalue weighted by Crippen LogP contribution is -2.48. The number of benzene rings is 1. The Bertz CT molecular complexity index is 566. The number of nitrogens with zero attached hydrogens (tertiary/aromatic N) is 1. The van der Waals surface area contributed by atoms with Crippen LogP contribution in [0.25, 0.3) is 0 Å². The van der Waals surface area contributed by atoms with Crippen LogP contribution in [0.1, 0.15) is 36.8 Å². The molecule has 1 aromatic carbocycles. The number of fused-ring (bicyclic) bond motifs is 1. The molecule has 5 heteroatoms. The fourth-order valence-corrected chi connectivity index (χ4v) is 3.31. The fourth-order valence-electron chi connectivity index (χ4n) is 3.31. The number of carbonyl (C=O) groups excluding carboxylic acids is 1. The molecule has 1 aromatic rings. The van der Waals surface area contributed by atoms with Crippen LogP contribution in [0.3, 0.4) is 0 Å². The molecule has 0 unspecified atom stereocenters. The van der Waals surface area contributed by atoms with Gasteiger partial charge in [-0.2, -0.15) is 0 Å². The molecule has 0 radical (unpaired) electrons. The molecule has 0 saturated carbocycles. The zero-order valence-electron chi connectivity index (χ0n) is 12.5. The van der Waals surface area contributed by atoms with Gasteiger partial charge in [0.15, 0.2) is 0 Å². The number of hydrogen-bond donors (Lipinski definition) is 1. The summed E-state index contributed by atoms with van der Waals surface area (Å²) in [5, 5.41) is 9.44. The van der Waals surface area contributed by atoms with Crippen molar-refractivity contribution < 1.29 is 19.4 Å². The first kappa shape index (κ1) is 15.0. The van der Waals surface area contributed by atoms with E-state index >= 15 is 0 Å². The second-order valence-corrected chi connectivity index (χ2v) is 6.02. The van der Waals surface area contributed by atoms with Crippen LogP contribution in [0.4, 0.5) is 0 Å². The Labute approximate surface area is 129 Å². The van der Waals surface area contributed by atoms with Crippen LogP contribution in [-0.4, -0.2) is 40.6 Å². The van der Waals surface area contributed by atoms with E-state index < -0.39 is 12.0 Å². The van der Waals surface area contributed by atoms with E-state index in [4.69, 9.17) is 4.74 Å². The first-order valence-electron chi connectivity index (χ1n) is 7.86. The van der Waals surface area contributed by atoms with Crippen molar-refractivity contribution >= 4 is 11.9 Å². The van der Waals surface area contributed by atoms with E-state index in [9.17, 15) is 14.7 Å². The standard InChI is InChI=1S/C17H21NO4/c19-16(8-7-14-6-3-9-22-14)18-11-13-5-2-1-4-12(13)10-15(18)17(20)21/h1-2,4-5,14-15H,3,6-11H2,(H,20,21)/t14-,15-/m0/s1. The second kappa shape index (κ2) is 6.48. The summed E-state index contributed by atoms with van der Waals surface area (Å²) < 4.78 is 5.53. The summed E-state index contributed by atoms with van der Waals surface area (Å²) in [6.07, 6.45) is 3.63. The average molecular weight is 303 g/mol. The van der Waals surface area contributed by atoms with E-state index in [2.05, 4.69) is 0 Å². The number of carboxylic acids is 1. The molecule has 22 heavy (non-hydrogen) atoms. The molecule has 1 fully saturated rings. The van der Waals surface area contributed by atoms with E-state index in [0.29, 0.717) is 25.8 Å². The van der Waals surface area contributed by atoms with E-state index in [0.717, 1.165) is 30.6 Å². The first-order valence-corrected chi connectivity index (χ1v) is 7.86. The molecule has 0 aromatic heterocycles. The van der Waals surface area contributed by atoms with Gasteiger partial charge in [-0.25, -0.2) is 4.79 Å². The van der Waals surface area contributed by atoms with Gasteiger partial charge in [0, 0.05) is 26.0 Å². The van der Waals surface area contributed by atoms with E-state index in [-0.39, 0.29) is 12.0 Å². The Balaban J connectivity index is 1.69. The quantitative estimate of drug-likeness (QED) is 0.923. The van der Waals surface area contributed by atoms with E-state index in [1.165, 1.54) is 4.90 Å². The van der Waals surface area contributed by atoms with Crippen molar-refractivity contribution in [2.75, 3.05) is 6.61 Å². The Morgan fingerprint density at radius 3 is 2.73 bits per heavy atom. The lowest BCUT2D eigenvalue weighted by Gasteiger charge is -2.34. The van der Waals surface area contributed by atoms with Crippen molar-refractivity contribution in [3.8, 4) is 0 Å². The summed E-state index contributed by atoms with van der Waals surface area (Å²) in [5.41, 5.74) is 2.07. The van der Waals surface area contributed by atoms with Crippen molar-refractivity contribution in [1.29, 1.82) is 0 Å². The predicted octanol–water partition coefficient (Wildman–Crippen LogP) is 1.98. The van der Waals surface area contributed by atoms with Crippen LogP contribution in [0.2, 0.25) is 0 Å². The molecule has 1 saturated heterocycles. The number of carbonyl (C=O) groups is 2. The van der Waals surface area contributed by atoms with Gasteiger partial charge in [-0.05, 0) is 30.4 Å². The summed E-state index contributed by atoms with van der Waals surface area (Å²) in [5.74, 6) is -1.02. The summed E-state index contributed by atoms with van der Waals surface area (Å²) in [4.78, 5) is 25.5. The summed E-state index contributed by atoms with van der Waals surface area (Å²) in [7, 11) is 0. The fraction of sp³-hybridized carbons (Fsp3) is 0.529. The van der Waals surface area contributed by atoms with Gasteiger partial charge in [-0.3, -0.25) is 4.79 Å². The van der Waals surface area contributed by atoms with Crippen molar-refractivity contribution in [3.05, 3.63) is 35.4 Å². The lowest BCUT2D eigenvalue weighted by molar-refractivity contribution is -0.151. The van der Waals surface area contributed by atoms with Gasteiger partial charge in [-0.1, -0.05) is 24.3 Å². The highest BCUT2D eigenvalue weighted by molar-refractivity contribution is 5.84. The SMILES string of the molecule is O=C(O)[C@@H]1Cc2ccccc2CN1C(=O)CC[C@@H]1CCCO1. The predicted molar refractivity (Wildman–Crippen MR) is 80.3 cm³/mol. The number of rotatable bonds is 4. The van der Waals surface area contributed by atoms with Crippen molar-refractivity contribution in [3.63, 3.8) is 0 Å². The van der Waals surface area contributed by atoms with Gasteiger partial charge in [0.2, 0.25) is 5.91 Å². The number of ether oxygens (including phenoxy) is 1. The van der Waals surface area contributed by atoms with E-state index in [1.807, 2.05) is 24.3 Å². The number of hydrogen-bond acceptors (Lipinski definition) is 3. The van der Waals surface area contributed by atoms with Gasteiger partial charge < -0.3 is 14.7 Å². The summed E-state index contributed by atoms with van der Waals surface area (Å²) in [6.45, 7) is 1.16. The van der Waals surface area contributed by atoms with Crippen LogP contribution < -0.4 is 0 Å². The molecule has 2 aliphatic heterocycles. The highest BCUT2D eigenvalue weighted by atomic mass is 16.5. The molecule has 0 bridgehead atoms. The Morgan fingerprint density at radius 1 is 1.27 bits per heavy atom. The average Bonchev–Trinajstić information content (AvgIpc) is 3.04. The van der Waals surface area contributed by atoms with Gasteiger partial charge in [-0.15, -0.1) is 0 Å². The third-order valence-corrected chi connectivity index (χ3v) is 4.56. The van der Waals surface area contributed by atoms with Crippen molar-refractivity contribution in [2.24, 2.45) is 0 Å². The van der Waals surface area contributed by atoms with Gasteiger partial charge >= 0.3 is 5.97 Å². The van der Waals surface area contributed by atoms with Crippen LogP contribution in [0, 0.1) is 0 Å². The third kappa shape index (κ3) is 3.14. The normalized spacial score (nSPS) is 24.1. The Kier molecular flexibility index (Phi) is 4.43. The monoisotopic (exact) mass is 303 g/mol. The van der Waals surface area contributed by atoms with Gasteiger partial charge in [0.1, 0.15) is 6.04 Å². The molecular weight excluding hydrogens is 282 g/mol. The molecule has 1 amide bonds. The Morgan fingerprint density at radius 2 is 2.05 bits per heavy atom. The largest absolute Gasteiger partial charge is 0.480 e. The molecule has 2 heterocycles. The van der Waals surface area contributed by atoms with Crippen molar-refractivity contribution in [2.45, 2.75) is 50.8 Å². The Hall–Kier alpha value is -1.88. The lowest BCUT2D eigenvalue weighted by atomic mass is 9.93. The highest BCUT2D eigenvalue weighted by Crippen LogP contribution is 2.25. The molecule has 2 atom stereocenters. The minimum absolute atomic E-state index is 0.0857. The smallest absolute Gasteiger partial charge is 0.326 e. The highest BCUT2D eigenvalue weighted by Gasteiger charge is 2.34. The molecule has 0 aliphatic carbocycles. The molecule has 1 N–H and O–H groups in total. The van der Waals surface area contributed by atoms with Gasteiger partial charge in [0.05, 0.1) is 6.10 Å². The topological polar surface area (TPSA) is 66.8 Å². The molecule has 3 rings (SSSR count). The summed E-state index contributed by atoms with van der Waals surface area (Å²) >= 11 is 0. The van der Waals surface area contributed by atoms with Crippen LogP contribution in [0.5, 0.6) is 0 Å². The number of amides is 1. The maximum atomic E-state index is 12.5. The summed E-state index contributed by atoms with van der Waals surface area (Å²) in [6, 6.07) is 6.99. The molecular formula is C17H21NO4. The molecule has 5 nitrogen and oxygen atoms in total. The second-order valence-electron chi connectivity index (χ2n) is 6.02. The van der Waals surface area contributed by atoms with Crippen LogP contribution >= 0.6 is 0 Å². The zero-order valence-corrected chi connectivity index (χ0v) is 12.5.